The highest BCUT2D eigenvalue weighted by Crippen LogP contribution is 2.32. The van der Waals surface area contributed by atoms with Crippen molar-refractivity contribution < 1.29 is 14.5 Å². The topological polar surface area (TPSA) is 101 Å². The van der Waals surface area contributed by atoms with Crippen LogP contribution in [0.1, 0.15) is 16.2 Å². The summed E-state index contributed by atoms with van der Waals surface area (Å²) in [5, 5.41) is 11.1. The highest BCUT2D eigenvalue weighted by atomic mass is 16.6. The fourth-order valence-electron chi connectivity index (χ4n) is 1.99. The van der Waals surface area contributed by atoms with E-state index < -0.39 is 10.9 Å². The van der Waals surface area contributed by atoms with E-state index in [-0.39, 0.29) is 11.6 Å². The molecule has 8 heteroatoms. The first-order chi connectivity index (χ1) is 9.95. The first-order valence-electron chi connectivity index (χ1n) is 6.07. The quantitative estimate of drug-likeness (QED) is 0.526. The van der Waals surface area contributed by atoms with Crippen molar-refractivity contribution in [1.82, 2.24) is 9.97 Å². The summed E-state index contributed by atoms with van der Waals surface area (Å²) in [4.78, 5) is 30.5. The number of nitrogens with zero attached hydrogens (tertiary/aromatic N) is 3. The number of ether oxygens (including phenoxy) is 1. The summed E-state index contributed by atoms with van der Waals surface area (Å²) in [5.41, 5.74) is 0.774. The maximum atomic E-state index is 11.8. The normalized spacial score (nSPS) is 10.2. The average Bonchev–Trinajstić information content (AvgIpc) is 2.88. The van der Waals surface area contributed by atoms with E-state index in [2.05, 4.69) is 9.97 Å². The lowest BCUT2D eigenvalue weighted by molar-refractivity contribution is -0.388. The molecule has 110 valence electrons. The van der Waals surface area contributed by atoms with Crippen LogP contribution in [0.3, 0.4) is 0 Å². The number of H-pyrrole nitrogens is 1. The Bertz CT molecular complexity index is 695. The highest BCUT2D eigenvalue weighted by Gasteiger charge is 2.25. The predicted octanol–water partition coefficient (Wildman–Crippen LogP) is 2.18. The third kappa shape index (κ3) is 2.69. The van der Waals surface area contributed by atoms with Crippen LogP contribution in [0.5, 0.6) is 0 Å². The fraction of sp³-hybridized carbons (Fsp3) is 0.231. The number of hydrogen-bond donors (Lipinski definition) is 1. The van der Waals surface area contributed by atoms with E-state index in [1.807, 2.05) is 0 Å². The number of benzene rings is 1. The summed E-state index contributed by atoms with van der Waals surface area (Å²) in [7, 11) is 2.88. The zero-order valence-electron chi connectivity index (χ0n) is 11.8. The van der Waals surface area contributed by atoms with Crippen LogP contribution in [0.4, 0.5) is 17.3 Å². The van der Waals surface area contributed by atoms with Gasteiger partial charge in [0.25, 0.3) is 0 Å². The van der Waals surface area contributed by atoms with Gasteiger partial charge in [-0.05, 0) is 17.1 Å². The number of anilines is 2. The van der Waals surface area contributed by atoms with Crippen LogP contribution < -0.4 is 4.90 Å². The van der Waals surface area contributed by atoms with Gasteiger partial charge >= 0.3 is 11.8 Å². The molecule has 0 radical (unpaired) electrons. The van der Waals surface area contributed by atoms with Crippen molar-refractivity contribution in [2.45, 2.75) is 6.92 Å². The molecule has 0 spiro atoms. The average molecular weight is 290 g/mol. The standard InChI is InChI=1S/C13H14N4O4/c1-8-14-11(12(15-8)17(19)20)16(2)10-7-5-4-6-9(10)13(18)21-3/h4-7H,1-3H3,(H,14,15). The minimum atomic E-state index is -0.549. The van der Waals surface area contributed by atoms with Crippen LogP contribution in [-0.4, -0.2) is 35.0 Å². The molecule has 0 fully saturated rings. The van der Waals surface area contributed by atoms with Crippen LogP contribution in [0.15, 0.2) is 24.3 Å². The molecule has 21 heavy (non-hydrogen) atoms. The van der Waals surface area contributed by atoms with Gasteiger partial charge in [0.2, 0.25) is 5.82 Å². The van der Waals surface area contributed by atoms with E-state index in [9.17, 15) is 14.9 Å². The van der Waals surface area contributed by atoms with E-state index in [0.29, 0.717) is 17.1 Å². The number of rotatable bonds is 4. The molecule has 1 heterocycles. The molecule has 2 aromatic rings. The van der Waals surface area contributed by atoms with Crippen molar-refractivity contribution in [2.24, 2.45) is 0 Å². The number of aromatic nitrogens is 2. The smallest absolute Gasteiger partial charge is 0.365 e. The van der Waals surface area contributed by atoms with Crippen LogP contribution in [0.2, 0.25) is 0 Å². The van der Waals surface area contributed by atoms with E-state index in [1.165, 1.54) is 12.0 Å². The second-order valence-electron chi connectivity index (χ2n) is 4.32. The molecule has 0 aliphatic carbocycles. The number of para-hydroxylation sites is 1. The Kier molecular flexibility index (Phi) is 3.88. The number of esters is 1. The molecule has 1 aromatic heterocycles. The molecule has 0 bridgehead atoms. The number of aromatic amines is 1. The van der Waals surface area contributed by atoms with Gasteiger partial charge in [-0.2, -0.15) is 4.98 Å². The molecule has 0 aliphatic rings. The number of nitro groups is 1. The van der Waals surface area contributed by atoms with Crippen molar-refractivity contribution in [3.05, 3.63) is 45.8 Å². The van der Waals surface area contributed by atoms with Crippen LogP contribution >= 0.6 is 0 Å². The van der Waals surface area contributed by atoms with Crippen LogP contribution in [0, 0.1) is 17.0 Å². The minimum Gasteiger partial charge on any atom is -0.465 e. The number of methoxy groups -OCH3 is 1. The molecule has 0 unspecified atom stereocenters. The predicted molar refractivity (Wildman–Crippen MR) is 75.8 cm³/mol. The van der Waals surface area contributed by atoms with Gasteiger partial charge in [-0.1, -0.05) is 12.1 Å². The molecular formula is C13H14N4O4. The van der Waals surface area contributed by atoms with Crippen molar-refractivity contribution in [2.75, 3.05) is 19.1 Å². The summed E-state index contributed by atoms with van der Waals surface area (Å²) in [6.45, 7) is 1.62. The third-order valence-electron chi connectivity index (χ3n) is 2.96. The van der Waals surface area contributed by atoms with Crippen molar-refractivity contribution in [3.63, 3.8) is 0 Å². The molecule has 0 atom stereocenters. The number of hydrogen-bond acceptors (Lipinski definition) is 6. The molecule has 0 amide bonds. The Hall–Kier alpha value is -2.90. The Morgan fingerprint density at radius 1 is 1.43 bits per heavy atom. The van der Waals surface area contributed by atoms with Gasteiger partial charge < -0.3 is 19.8 Å². The number of imidazole rings is 1. The maximum Gasteiger partial charge on any atom is 0.365 e. The zero-order chi connectivity index (χ0) is 15.6. The minimum absolute atomic E-state index is 0.133. The Morgan fingerprint density at radius 3 is 2.71 bits per heavy atom. The van der Waals surface area contributed by atoms with Gasteiger partial charge in [-0.15, -0.1) is 0 Å². The lowest BCUT2D eigenvalue weighted by Gasteiger charge is -2.18. The summed E-state index contributed by atoms with van der Waals surface area (Å²) in [6.07, 6.45) is 0. The van der Waals surface area contributed by atoms with Crippen molar-refractivity contribution in [3.8, 4) is 0 Å². The van der Waals surface area contributed by atoms with Crippen molar-refractivity contribution in [1.29, 1.82) is 0 Å². The third-order valence-corrected chi connectivity index (χ3v) is 2.96. The Morgan fingerprint density at radius 2 is 2.10 bits per heavy atom. The second-order valence-corrected chi connectivity index (χ2v) is 4.32. The maximum absolute atomic E-state index is 11.8. The van der Waals surface area contributed by atoms with Gasteiger partial charge in [-0.25, -0.2) is 9.78 Å². The first-order valence-corrected chi connectivity index (χ1v) is 6.07. The van der Waals surface area contributed by atoms with Gasteiger partial charge in [0.1, 0.15) is 0 Å². The van der Waals surface area contributed by atoms with Crippen LogP contribution in [-0.2, 0) is 4.74 Å². The van der Waals surface area contributed by atoms with E-state index in [0.717, 1.165) is 0 Å². The van der Waals surface area contributed by atoms with E-state index >= 15 is 0 Å². The largest absolute Gasteiger partial charge is 0.465 e. The van der Waals surface area contributed by atoms with Crippen LogP contribution in [0.25, 0.3) is 0 Å². The van der Waals surface area contributed by atoms with Gasteiger partial charge in [0.15, 0.2) is 5.82 Å². The summed E-state index contributed by atoms with van der Waals surface area (Å²) < 4.78 is 4.72. The number of nitrogens with one attached hydrogen (secondary N) is 1. The number of carbonyl (C=O) groups is 1. The summed E-state index contributed by atoms with van der Waals surface area (Å²) in [6, 6.07) is 6.67. The SMILES string of the molecule is COC(=O)c1ccccc1N(C)c1nc(C)[nH]c1[N+](=O)[O-]. The van der Waals surface area contributed by atoms with E-state index in [4.69, 9.17) is 4.74 Å². The van der Waals surface area contributed by atoms with Gasteiger partial charge in [0, 0.05) is 14.0 Å². The van der Waals surface area contributed by atoms with Gasteiger partial charge in [0.05, 0.1) is 18.4 Å². The number of carbonyl (C=O) groups excluding carboxylic acids is 1. The monoisotopic (exact) mass is 290 g/mol. The molecule has 1 N–H and O–H groups in total. The summed E-state index contributed by atoms with van der Waals surface area (Å²) in [5.74, 6) is -0.199. The molecule has 0 saturated carbocycles. The van der Waals surface area contributed by atoms with Gasteiger partial charge in [-0.3, -0.25) is 0 Å². The molecule has 2 rings (SSSR count). The molecule has 8 nitrogen and oxygen atoms in total. The molecule has 1 aromatic carbocycles. The van der Waals surface area contributed by atoms with E-state index in [1.54, 1.807) is 38.2 Å². The first kappa shape index (κ1) is 14.5. The van der Waals surface area contributed by atoms with Crippen molar-refractivity contribution >= 4 is 23.3 Å². The lowest BCUT2D eigenvalue weighted by atomic mass is 10.1. The number of aryl methyl sites for hydroxylation is 1. The zero-order valence-corrected chi connectivity index (χ0v) is 11.8. The molecule has 0 aliphatic heterocycles. The second kappa shape index (κ2) is 5.61. The fourth-order valence-corrected chi connectivity index (χ4v) is 1.99. The molecule has 0 saturated heterocycles. The summed E-state index contributed by atoms with van der Waals surface area (Å²) >= 11 is 0. The lowest BCUT2D eigenvalue weighted by Crippen LogP contribution is -2.16. The molecular weight excluding hydrogens is 276 g/mol. The Balaban J connectivity index is 2.53. The highest BCUT2D eigenvalue weighted by molar-refractivity contribution is 5.96. The Labute approximate surface area is 120 Å².